The van der Waals surface area contributed by atoms with Gasteiger partial charge in [0.25, 0.3) is 5.91 Å². The van der Waals surface area contributed by atoms with Gasteiger partial charge in [0.05, 0.1) is 24.9 Å². The Balaban J connectivity index is 1.87. The number of nitrogens with zero attached hydrogens (tertiary/aromatic N) is 1. The average Bonchev–Trinajstić information content (AvgIpc) is 3.30. The van der Waals surface area contributed by atoms with Gasteiger partial charge >= 0.3 is 5.97 Å². The number of esters is 1. The van der Waals surface area contributed by atoms with Crippen molar-refractivity contribution in [2.45, 2.75) is 26.8 Å². The molecule has 0 aliphatic rings. The van der Waals surface area contributed by atoms with E-state index in [0.717, 1.165) is 16.7 Å². The first-order valence-electron chi connectivity index (χ1n) is 9.31. The van der Waals surface area contributed by atoms with E-state index in [1.165, 1.54) is 0 Å². The van der Waals surface area contributed by atoms with E-state index in [4.69, 9.17) is 9.15 Å². The summed E-state index contributed by atoms with van der Waals surface area (Å²) in [6.45, 7) is 4.81. The number of aryl methyl sites for hydroxylation is 1. The zero-order valence-corrected chi connectivity index (χ0v) is 16.1. The summed E-state index contributed by atoms with van der Waals surface area (Å²) in [4.78, 5) is 24.5. The van der Waals surface area contributed by atoms with Gasteiger partial charge in [-0.2, -0.15) is 0 Å². The number of aromatic nitrogens is 1. The third-order valence-electron chi connectivity index (χ3n) is 4.37. The van der Waals surface area contributed by atoms with Crippen LogP contribution >= 0.6 is 0 Å². The van der Waals surface area contributed by atoms with Crippen molar-refractivity contribution in [3.63, 3.8) is 0 Å². The van der Waals surface area contributed by atoms with Gasteiger partial charge in [-0.1, -0.05) is 30.3 Å². The van der Waals surface area contributed by atoms with Gasteiger partial charge in [0.15, 0.2) is 0 Å². The summed E-state index contributed by atoms with van der Waals surface area (Å²) in [5.41, 5.74) is 3.31. The summed E-state index contributed by atoms with van der Waals surface area (Å²) in [6.07, 6.45) is 3.67. The molecule has 2 heterocycles. The smallest absolute Gasteiger partial charge is 0.307 e. The first-order valence-corrected chi connectivity index (χ1v) is 9.31. The second-order valence-corrected chi connectivity index (χ2v) is 6.44. The van der Waals surface area contributed by atoms with Gasteiger partial charge < -0.3 is 19.0 Å². The van der Waals surface area contributed by atoms with Gasteiger partial charge in [-0.25, -0.2) is 0 Å². The lowest BCUT2D eigenvalue weighted by Crippen LogP contribution is -2.29. The maximum Gasteiger partial charge on any atom is 0.307 e. The molecule has 146 valence electrons. The first-order chi connectivity index (χ1) is 13.6. The fourth-order valence-corrected chi connectivity index (χ4v) is 3.17. The number of nitrogens with one attached hydrogen (secondary N) is 1. The van der Waals surface area contributed by atoms with Crippen molar-refractivity contribution in [2.24, 2.45) is 0 Å². The number of ether oxygens (including phenoxy) is 1. The van der Waals surface area contributed by atoms with Gasteiger partial charge in [-0.15, -0.1) is 0 Å². The maximum atomic E-state index is 13.0. The SMILES string of the molecule is CCOC(=O)CCNC(=O)c1c(-c2ccco2)c(C)cn1Cc1ccccc1. The predicted octanol–water partition coefficient (Wildman–Crippen LogP) is 3.79. The molecule has 0 aliphatic carbocycles. The van der Waals surface area contributed by atoms with Gasteiger partial charge in [0.1, 0.15) is 11.5 Å². The molecule has 3 aromatic rings. The minimum atomic E-state index is -0.329. The van der Waals surface area contributed by atoms with Crippen molar-refractivity contribution < 1.29 is 18.7 Å². The second kappa shape index (κ2) is 9.08. The van der Waals surface area contributed by atoms with E-state index in [1.807, 2.05) is 54.1 Å². The van der Waals surface area contributed by atoms with E-state index in [9.17, 15) is 9.59 Å². The van der Waals surface area contributed by atoms with Crippen LogP contribution in [0, 0.1) is 6.92 Å². The minimum absolute atomic E-state index is 0.133. The minimum Gasteiger partial charge on any atom is -0.466 e. The lowest BCUT2D eigenvalue weighted by molar-refractivity contribution is -0.142. The number of hydrogen-bond donors (Lipinski definition) is 1. The molecule has 0 atom stereocenters. The number of carbonyl (C=O) groups excluding carboxylic acids is 2. The van der Waals surface area contributed by atoms with Crippen molar-refractivity contribution in [3.8, 4) is 11.3 Å². The largest absolute Gasteiger partial charge is 0.466 e. The van der Waals surface area contributed by atoms with Gasteiger partial charge in [-0.3, -0.25) is 9.59 Å². The number of amides is 1. The van der Waals surface area contributed by atoms with Crippen molar-refractivity contribution in [1.29, 1.82) is 0 Å². The summed E-state index contributed by atoms with van der Waals surface area (Å²) in [5, 5.41) is 2.83. The molecule has 1 aromatic carbocycles. The molecule has 0 fully saturated rings. The molecular weight excluding hydrogens is 356 g/mol. The molecule has 0 aliphatic heterocycles. The Morgan fingerprint density at radius 1 is 1.14 bits per heavy atom. The fourth-order valence-electron chi connectivity index (χ4n) is 3.17. The van der Waals surface area contributed by atoms with Gasteiger partial charge in [-0.05, 0) is 37.1 Å². The molecule has 28 heavy (non-hydrogen) atoms. The Hall–Kier alpha value is -3.28. The molecule has 6 nitrogen and oxygen atoms in total. The highest BCUT2D eigenvalue weighted by atomic mass is 16.5. The average molecular weight is 380 g/mol. The summed E-state index contributed by atoms with van der Waals surface area (Å²) in [5.74, 6) is 0.0597. The lowest BCUT2D eigenvalue weighted by Gasteiger charge is -2.12. The lowest BCUT2D eigenvalue weighted by atomic mass is 10.1. The Kier molecular flexibility index (Phi) is 6.32. The Labute approximate surface area is 164 Å². The zero-order valence-electron chi connectivity index (χ0n) is 16.1. The third kappa shape index (κ3) is 4.52. The Morgan fingerprint density at radius 3 is 2.61 bits per heavy atom. The molecule has 0 saturated carbocycles. The quantitative estimate of drug-likeness (QED) is 0.604. The zero-order chi connectivity index (χ0) is 19.9. The molecular formula is C22H24N2O4. The fraction of sp³-hybridized carbons (Fsp3) is 0.273. The van der Waals surface area contributed by atoms with Crippen molar-refractivity contribution in [3.05, 3.63) is 71.7 Å². The molecule has 0 saturated heterocycles. The van der Waals surface area contributed by atoms with Crippen molar-refractivity contribution in [1.82, 2.24) is 9.88 Å². The highest BCUT2D eigenvalue weighted by molar-refractivity contribution is 6.00. The van der Waals surface area contributed by atoms with Crippen LogP contribution in [0.15, 0.2) is 59.3 Å². The number of hydrogen-bond acceptors (Lipinski definition) is 4. The van der Waals surface area contributed by atoms with Crippen LogP contribution in [0.5, 0.6) is 0 Å². The van der Waals surface area contributed by atoms with Crippen molar-refractivity contribution in [2.75, 3.05) is 13.2 Å². The summed E-state index contributed by atoms with van der Waals surface area (Å²) in [6, 6.07) is 13.6. The third-order valence-corrected chi connectivity index (χ3v) is 4.37. The number of furan rings is 1. The number of rotatable bonds is 8. The molecule has 6 heteroatoms. The molecule has 0 spiro atoms. The Morgan fingerprint density at radius 2 is 1.93 bits per heavy atom. The maximum absolute atomic E-state index is 13.0. The normalized spacial score (nSPS) is 10.6. The second-order valence-electron chi connectivity index (χ2n) is 6.44. The molecule has 0 bridgehead atoms. The van der Waals surface area contributed by atoms with Crippen LogP contribution in [-0.2, 0) is 16.1 Å². The summed E-state index contributed by atoms with van der Waals surface area (Å²) >= 11 is 0. The van der Waals surface area contributed by atoms with E-state index in [1.54, 1.807) is 19.3 Å². The van der Waals surface area contributed by atoms with Crippen LogP contribution in [0.1, 0.15) is 35.0 Å². The van der Waals surface area contributed by atoms with Gasteiger partial charge in [0, 0.05) is 19.3 Å². The van der Waals surface area contributed by atoms with E-state index in [2.05, 4.69) is 5.32 Å². The van der Waals surface area contributed by atoms with E-state index < -0.39 is 0 Å². The molecule has 0 unspecified atom stereocenters. The van der Waals surface area contributed by atoms with Crippen molar-refractivity contribution >= 4 is 11.9 Å². The summed E-state index contributed by atoms with van der Waals surface area (Å²) in [7, 11) is 0. The monoisotopic (exact) mass is 380 g/mol. The highest BCUT2D eigenvalue weighted by Gasteiger charge is 2.23. The standard InChI is InChI=1S/C22H24N2O4/c1-3-27-19(25)11-12-23-22(26)21-20(18-10-7-13-28-18)16(2)14-24(21)15-17-8-5-4-6-9-17/h4-10,13-14H,3,11-12,15H2,1-2H3,(H,23,26). The molecule has 1 amide bonds. The van der Waals surface area contributed by atoms with Crippen LogP contribution in [0.3, 0.4) is 0 Å². The molecule has 2 aromatic heterocycles. The Bertz CT molecular complexity index is 927. The summed E-state index contributed by atoms with van der Waals surface area (Å²) < 4.78 is 12.4. The van der Waals surface area contributed by atoms with E-state index in [0.29, 0.717) is 24.6 Å². The number of carbonyl (C=O) groups is 2. The molecule has 3 rings (SSSR count). The van der Waals surface area contributed by atoms with Crippen LogP contribution in [0.25, 0.3) is 11.3 Å². The van der Waals surface area contributed by atoms with Crippen LogP contribution < -0.4 is 5.32 Å². The topological polar surface area (TPSA) is 73.5 Å². The van der Waals surface area contributed by atoms with Crippen LogP contribution in [0.2, 0.25) is 0 Å². The highest BCUT2D eigenvalue weighted by Crippen LogP contribution is 2.30. The number of benzene rings is 1. The van der Waals surface area contributed by atoms with Gasteiger partial charge in [0.2, 0.25) is 0 Å². The predicted molar refractivity (Wildman–Crippen MR) is 106 cm³/mol. The first kappa shape index (κ1) is 19.5. The van der Waals surface area contributed by atoms with E-state index >= 15 is 0 Å². The van der Waals surface area contributed by atoms with Crippen LogP contribution in [0.4, 0.5) is 0 Å². The van der Waals surface area contributed by atoms with E-state index in [-0.39, 0.29) is 24.8 Å². The molecule has 0 radical (unpaired) electrons. The molecule has 1 N–H and O–H groups in total. The van der Waals surface area contributed by atoms with Crippen LogP contribution in [-0.4, -0.2) is 29.6 Å².